The summed E-state index contributed by atoms with van der Waals surface area (Å²) >= 11 is 0. The van der Waals surface area contributed by atoms with Crippen LogP contribution >= 0.6 is 0 Å². The molecule has 6 heteroatoms. The lowest BCUT2D eigenvalue weighted by Crippen LogP contribution is -2.30. The Kier molecular flexibility index (Phi) is 4.83. The van der Waals surface area contributed by atoms with E-state index in [0.29, 0.717) is 17.1 Å². The lowest BCUT2D eigenvalue weighted by molar-refractivity contribution is -0.114. The Balaban J connectivity index is 1.90. The van der Waals surface area contributed by atoms with Gasteiger partial charge in [-0.3, -0.25) is 4.79 Å². The summed E-state index contributed by atoms with van der Waals surface area (Å²) in [5.41, 5.74) is 1.31. The van der Waals surface area contributed by atoms with Gasteiger partial charge in [-0.2, -0.15) is 0 Å². The second-order valence-corrected chi connectivity index (χ2v) is 5.03. The van der Waals surface area contributed by atoms with Crippen LogP contribution < -0.4 is 16.0 Å². The van der Waals surface area contributed by atoms with Crippen LogP contribution in [0.3, 0.4) is 0 Å². The highest BCUT2D eigenvalue weighted by atomic mass is 16.3. The summed E-state index contributed by atoms with van der Waals surface area (Å²) in [6.45, 7) is 5.14. The number of furan rings is 1. The molecule has 0 bridgehead atoms. The maximum atomic E-state index is 11.9. The van der Waals surface area contributed by atoms with E-state index < -0.39 is 0 Å². The maximum absolute atomic E-state index is 11.9. The number of urea groups is 1. The van der Waals surface area contributed by atoms with Crippen LogP contribution in [0, 0.1) is 6.92 Å². The predicted molar refractivity (Wildman–Crippen MR) is 84.8 cm³/mol. The molecule has 3 N–H and O–H groups in total. The monoisotopic (exact) mass is 301 g/mol. The number of hydrogen-bond donors (Lipinski definition) is 3. The van der Waals surface area contributed by atoms with Gasteiger partial charge in [-0.05, 0) is 50.2 Å². The van der Waals surface area contributed by atoms with Crippen LogP contribution in [0.4, 0.5) is 16.2 Å². The van der Waals surface area contributed by atoms with Crippen molar-refractivity contribution in [2.24, 2.45) is 0 Å². The third kappa shape index (κ3) is 4.37. The van der Waals surface area contributed by atoms with Gasteiger partial charge in [0.2, 0.25) is 5.91 Å². The minimum absolute atomic E-state index is 0.138. The second kappa shape index (κ2) is 6.80. The Labute approximate surface area is 128 Å². The molecule has 0 aliphatic carbocycles. The number of anilines is 2. The quantitative estimate of drug-likeness (QED) is 0.809. The Morgan fingerprint density at radius 2 is 1.59 bits per heavy atom. The van der Waals surface area contributed by atoms with E-state index in [-0.39, 0.29) is 18.0 Å². The summed E-state index contributed by atoms with van der Waals surface area (Å²) in [5.74, 6) is 1.37. The zero-order valence-electron chi connectivity index (χ0n) is 12.8. The fraction of sp³-hybridized carbons (Fsp3) is 0.250. The number of nitrogens with one attached hydrogen (secondary N) is 3. The smallest absolute Gasteiger partial charge is 0.319 e. The first kappa shape index (κ1) is 15.6. The molecule has 0 saturated carbocycles. The minimum Gasteiger partial charge on any atom is -0.464 e. The van der Waals surface area contributed by atoms with Gasteiger partial charge in [0.15, 0.2) is 0 Å². The molecular weight excluding hydrogens is 282 g/mol. The van der Waals surface area contributed by atoms with Crippen molar-refractivity contribution in [3.8, 4) is 0 Å². The minimum atomic E-state index is -0.325. The van der Waals surface area contributed by atoms with E-state index in [1.165, 1.54) is 6.92 Å². The summed E-state index contributed by atoms with van der Waals surface area (Å²) in [7, 11) is 0. The summed E-state index contributed by atoms with van der Waals surface area (Å²) in [4.78, 5) is 22.9. The highest BCUT2D eigenvalue weighted by molar-refractivity contribution is 5.91. The number of carbonyl (C=O) groups excluding carboxylic acids is 2. The zero-order valence-corrected chi connectivity index (χ0v) is 12.8. The van der Waals surface area contributed by atoms with E-state index >= 15 is 0 Å². The van der Waals surface area contributed by atoms with Crippen LogP contribution in [0.15, 0.2) is 40.8 Å². The van der Waals surface area contributed by atoms with Crippen molar-refractivity contribution in [3.05, 3.63) is 47.9 Å². The molecule has 0 unspecified atom stereocenters. The number of benzene rings is 1. The Bertz CT molecular complexity index is 662. The molecule has 0 aliphatic rings. The van der Waals surface area contributed by atoms with Crippen LogP contribution in [0.2, 0.25) is 0 Å². The molecule has 6 nitrogen and oxygen atoms in total. The molecule has 22 heavy (non-hydrogen) atoms. The Hall–Kier alpha value is -2.76. The Morgan fingerprint density at radius 3 is 2.09 bits per heavy atom. The molecule has 0 fully saturated rings. The van der Waals surface area contributed by atoms with Gasteiger partial charge in [-0.1, -0.05) is 0 Å². The number of aryl methyl sites for hydroxylation is 1. The van der Waals surface area contributed by atoms with Gasteiger partial charge in [0.05, 0.1) is 6.04 Å². The molecule has 2 rings (SSSR count). The molecule has 2 aromatic rings. The highest BCUT2D eigenvalue weighted by Gasteiger charge is 2.12. The van der Waals surface area contributed by atoms with Crippen molar-refractivity contribution in [3.63, 3.8) is 0 Å². The lowest BCUT2D eigenvalue weighted by atomic mass is 10.2. The molecule has 1 atom stereocenters. The van der Waals surface area contributed by atoms with Gasteiger partial charge in [0.25, 0.3) is 0 Å². The van der Waals surface area contributed by atoms with E-state index in [4.69, 9.17) is 4.42 Å². The SMILES string of the molecule is CC(=O)Nc1ccc(NC(=O)N[C@H](C)c2ccc(C)o2)cc1. The van der Waals surface area contributed by atoms with E-state index in [9.17, 15) is 9.59 Å². The highest BCUT2D eigenvalue weighted by Crippen LogP contribution is 2.16. The third-order valence-corrected chi connectivity index (χ3v) is 3.00. The zero-order chi connectivity index (χ0) is 16.1. The molecular formula is C16H19N3O3. The molecule has 0 spiro atoms. The molecule has 1 heterocycles. The van der Waals surface area contributed by atoms with Crippen molar-refractivity contribution in [2.75, 3.05) is 10.6 Å². The first-order chi connectivity index (χ1) is 10.4. The molecule has 1 aromatic carbocycles. The van der Waals surface area contributed by atoms with Crippen molar-refractivity contribution in [1.82, 2.24) is 5.32 Å². The summed E-state index contributed by atoms with van der Waals surface area (Å²) < 4.78 is 5.47. The molecule has 116 valence electrons. The van der Waals surface area contributed by atoms with Gasteiger partial charge in [0.1, 0.15) is 11.5 Å². The van der Waals surface area contributed by atoms with Crippen LogP contribution in [-0.2, 0) is 4.79 Å². The lowest BCUT2D eigenvalue weighted by Gasteiger charge is -2.13. The largest absolute Gasteiger partial charge is 0.464 e. The Morgan fingerprint density at radius 1 is 1.00 bits per heavy atom. The summed E-state index contributed by atoms with van der Waals surface area (Å²) in [6, 6.07) is 10.0. The maximum Gasteiger partial charge on any atom is 0.319 e. The normalized spacial score (nSPS) is 11.6. The molecule has 0 saturated heterocycles. The van der Waals surface area contributed by atoms with Crippen molar-refractivity contribution < 1.29 is 14.0 Å². The fourth-order valence-electron chi connectivity index (χ4n) is 1.96. The van der Waals surface area contributed by atoms with Gasteiger partial charge in [-0.15, -0.1) is 0 Å². The first-order valence-corrected chi connectivity index (χ1v) is 6.95. The van der Waals surface area contributed by atoms with Gasteiger partial charge in [0, 0.05) is 18.3 Å². The number of hydrogen-bond acceptors (Lipinski definition) is 3. The summed E-state index contributed by atoms with van der Waals surface area (Å²) in [6.07, 6.45) is 0. The van der Waals surface area contributed by atoms with Crippen molar-refractivity contribution >= 4 is 23.3 Å². The van der Waals surface area contributed by atoms with Gasteiger partial charge >= 0.3 is 6.03 Å². The molecule has 0 aliphatic heterocycles. The predicted octanol–water partition coefficient (Wildman–Crippen LogP) is 3.43. The topological polar surface area (TPSA) is 83.4 Å². The van der Waals surface area contributed by atoms with E-state index in [1.54, 1.807) is 24.3 Å². The van der Waals surface area contributed by atoms with Crippen molar-refractivity contribution in [2.45, 2.75) is 26.8 Å². The standard InChI is InChI=1S/C16H19N3O3/c1-10-4-9-15(22-10)11(2)17-16(21)19-14-7-5-13(6-8-14)18-12(3)20/h4-9,11H,1-3H3,(H,18,20)(H2,17,19,21)/t11-/m1/s1. The number of carbonyl (C=O) groups is 2. The van der Waals surface area contributed by atoms with E-state index in [0.717, 1.165) is 5.76 Å². The number of amides is 3. The second-order valence-electron chi connectivity index (χ2n) is 5.03. The van der Waals surface area contributed by atoms with Crippen molar-refractivity contribution in [1.29, 1.82) is 0 Å². The van der Waals surface area contributed by atoms with Crippen LogP contribution in [0.1, 0.15) is 31.4 Å². The average molecular weight is 301 g/mol. The average Bonchev–Trinajstić information content (AvgIpc) is 2.87. The van der Waals surface area contributed by atoms with E-state index in [1.807, 2.05) is 26.0 Å². The van der Waals surface area contributed by atoms with Gasteiger partial charge < -0.3 is 20.4 Å². The van der Waals surface area contributed by atoms with Crippen LogP contribution in [0.25, 0.3) is 0 Å². The molecule has 3 amide bonds. The van der Waals surface area contributed by atoms with E-state index in [2.05, 4.69) is 16.0 Å². The third-order valence-electron chi connectivity index (χ3n) is 3.00. The van der Waals surface area contributed by atoms with Crippen LogP contribution in [-0.4, -0.2) is 11.9 Å². The summed E-state index contributed by atoms with van der Waals surface area (Å²) in [5, 5.41) is 8.18. The van der Waals surface area contributed by atoms with Crippen LogP contribution in [0.5, 0.6) is 0 Å². The first-order valence-electron chi connectivity index (χ1n) is 6.95. The number of rotatable bonds is 4. The van der Waals surface area contributed by atoms with Gasteiger partial charge in [-0.25, -0.2) is 4.79 Å². The molecule has 1 aromatic heterocycles. The molecule has 0 radical (unpaired) electrons. The fourth-order valence-corrected chi connectivity index (χ4v) is 1.96.